The number of hydrogen-bond donors (Lipinski definition) is 3. The number of thioether (sulfide) groups is 1. The lowest BCUT2D eigenvalue weighted by Crippen LogP contribution is -2.44. The molecule has 11 heteroatoms. The molecule has 0 radical (unpaired) electrons. The van der Waals surface area contributed by atoms with Gasteiger partial charge in [-0.05, 0) is 42.0 Å². The zero-order valence-electron chi connectivity index (χ0n) is 19.1. The van der Waals surface area contributed by atoms with Crippen molar-refractivity contribution in [2.24, 2.45) is 5.14 Å². The Morgan fingerprint density at radius 1 is 0.889 bits per heavy atom. The molecule has 188 valence electrons. The molecule has 0 spiro atoms. The summed E-state index contributed by atoms with van der Waals surface area (Å²) >= 11 is 1.44. The molecular formula is C25H25N3O6S2. The lowest BCUT2D eigenvalue weighted by Gasteiger charge is -2.17. The van der Waals surface area contributed by atoms with E-state index >= 15 is 0 Å². The number of amides is 2. The second-order valence-electron chi connectivity index (χ2n) is 7.62. The van der Waals surface area contributed by atoms with Crippen molar-refractivity contribution in [1.29, 1.82) is 0 Å². The first kappa shape index (κ1) is 26.9. The van der Waals surface area contributed by atoms with Crippen LogP contribution >= 0.6 is 11.8 Å². The van der Waals surface area contributed by atoms with Crippen LogP contribution in [-0.2, 0) is 30.1 Å². The van der Waals surface area contributed by atoms with E-state index in [2.05, 4.69) is 10.6 Å². The van der Waals surface area contributed by atoms with Crippen molar-refractivity contribution in [2.75, 3.05) is 17.7 Å². The van der Waals surface area contributed by atoms with Gasteiger partial charge in [-0.2, -0.15) is 11.8 Å². The van der Waals surface area contributed by atoms with Gasteiger partial charge in [0.15, 0.2) is 6.61 Å². The molecule has 1 atom stereocenters. The number of nitrogens with two attached hydrogens (primary N) is 1. The monoisotopic (exact) mass is 527 g/mol. The number of primary sulfonamides is 1. The highest BCUT2D eigenvalue weighted by Crippen LogP contribution is 2.15. The van der Waals surface area contributed by atoms with Crippen LogP contribution in [0.15, 0.2) is 89.8 Å². The highest BCUT2D eigenvalue weighted by Gasteiger charge is 2.24. The molecule has 3 aromatic rings. The van der Waals surface area contributed by atoms with Crippen LogP contribution in [0.25, 0.3) is 0 Å². The van der Waals surface area contributed by atoms with E-state index < -0.39 is 40.5 Å². The summed E-state index contributed by atoms with van der Waals surface area (Å²) in [6, 6.07) is 22.4. The maximum Gasteiger partial charge on any atom is 0.330 e. The highest BCUT2D eigenvalue weighted by molar-refractivity contribution is 7.98. The van der Waals surface area contributed by atoms with E-state index in [-0.39, 0.29) is 10.6 Å². The Morgan fingerprint density at radius 2 is 1.50 bits per heavy atom. The number of anilines is 1. The van der Waals surface area contributed by atoms with E-state index in [1.165, 1.54) is 36.0 Å². The number of rotatable bonds is 11. The molecule has 0 heterocycles. The van der Waals surface area contributed by atoms with Crippen molar-refractivity contribution < 1.29 is 27.5 Å². The first-order valence-electron chi connectivity index (χ1n) is 10.8. The summed E-state index contributed by atoms with van der Waals surface area (Å²) in [4.78, 5) is 37.5. The van der Waals surface area contributed by atoms with E-state index in [1.54, 1.807) is 30.3 Å². The Balaban J connectivity index is 1.57. The smallest absolute Gasteiger partial charge is 0.330 e. The molecule has 0 saturated carbocycles. The first-order chi connectivity index (χ1) is 17.2. The maximum atomic E-state index is 12.8. The summed E-state index contributed by atoms with van der Waals surface area (Å²) in [7, 11) is -3.85. The average Bonchev–Trinajstić information content (AvgIpc) is 2.87. The largest absolute Gasteiger partial charge is 0.454 e. The molecule has 4 N–H and O–H groups in total. The molecule has 0 saturated heterocycles. The number of ether oxygens (including phenoxy) is 1. The third-order valence-electron chi connectivity index (χ3n) is 4.83. The van der Waals surface area contributed by atoms with Gasteiger partial charge in [0.25, 0.3) is 11.8 Å². The van der Waals surface area contributed by atoms with Crippen molar-refractivity contribution >= 4 is 45.3 Å². The van der Waals surface area contributed by atoms with E-state index in [0.717, 1.165) is 5.56 Å². The fourth-order valence-corrected chi connectivity index (χ4v) is 4.55. The molecule has 0 aliphatic rings. The molecule has 36 heavy (non-hydrogen) atoms. The van der Waals surface area contributed by atoms with Gasteiger partial charge in [-0.25, -0.2) is 18.4 Å². The van der Waals surface area contributed by atoms with Crippen LogP contribution in [0.4, 0.5) is 5.69 Å². The van der Waals surface area contributed by atoms with Crippen molar-refractivity contribution in [1.82, 2.24) is 5.32 Å². The van der Waals surface area contributed by atoms with Gasteiger partial charge in [0.05, 0.1) is 4.90 Å². The minimum absolute atomic E-state index is 0.100. The lowest BCUT2D eigenvalue weighted by atomic mass is 10.2. The number of sulfonamides is 1. The highest BCUT2D eigenvalue weighted by atomic mass is 32.2. The molecule has 9 nitrogen and oxygen atoms in total. The molecular weight excluding hydrogens is 502 g/mol. The van der Waals surface area contributed by atoms with Crippen LogP contribution in [0.5, 0.6) is 0 Å². The molecule has 0 fully saturated rings. The minimum Gasteiger partial charge on any atom is -0.454 e. The normalized spacial score (nSPS) is 11.8. The van der Waals surface area contributed by atoms with Gasteiger partial charge >= 0.3 is 5.97 Å². The zero-order chi connectivity index (χ0) is 26.0. The fourth-order valence-electron chi connectivity index (χ4n) is 3.03. The summed E-state index contributed by atoms with van der Waals surface area (Å²) in [6.45, 7) is -0.586. The van der Waals surface area contributed by atoms with Crippen LogP contribution in [-0.4, -0.2) is 44.6 Å². The average molecular weight is 528 g/mol. The maximum absolute atomic E-state index is 12.8. The second kappa shape index (κ2) is 12.9. The number of benzene rings is 3. The summed E-state index contributed by atoms with van der Waals surface area (Å²) in [6.07, 6.45) is 0. The van der Waals surface area contributed by atoms with Gasteiger partial charge in [0.1, 0.15) is 6.04 Å². The van der Waals surface area contributed by atoms with Crippen molar-refractivity contribution in [3.8, 4) is 0 Å². The van der Waals surface area contributed by atoms with E-state index in [4.69, 9.17) is 9.88 Å². The zero-order valence-corrected chi connectivity index (χ0v) is 20.8. The predicted octanol–water partition coefficient (Wildman–Crippen LogP) is 2.55. The summed E-state index contributed by atoms with van der Waals surface area (Å²) in [5.74, 6) is -0.947. The van der Waals surface area contributed by atoms with Crippen LogP contribution in [0.1, 0.15) is 15.9 Å². The summed E-state index contributed by atoms with van der Waals surface area (Å²) in [5.41, 5.74) is 1.76. The van der Waals surface area contributed by atoms with Crippen LogP contribution in [0, 0.1) is 0 Å². The Hall–Kier alpha value is -3.67. The van der Waals surface area contributed by atoms with Gasteiger partial charge in [0, 0.05) is 22.8 Å². The third kappa shape index (κ3) is 8.52. The molecule has 0 aliphatic carbocycles. The Kier molecular flexibility index (Phi) is 9.62. The Labute approximate surface area is 213 Å². The Bertz CT molecular complexity index is 1280. The standard InChI is InChI=1S/C25H25N3O6S2/c26-36(32,33)21-13-11-20(12-14-21)27-23(29)15-34-25(31)22(17-35-16-18-7-3-1-4-8-18)28-24(30)19-9-5-2-6-10-19/h1-14,22H,15-17H2,(H,27,29)(H,28,30)(H2,26,32,33)/t22-/m0/s1. The van der Waals surface area contributed by atoms with E-state index in [0.29, 0.717) is 17.0 Å². The van der Waals surface area contributed by atoms with Crippen LogP contribution < -0.4 is 15.8 Å². The fraction of sp³-hybridized carbons (Fsp3) is 0.160. The molecule has 2 amide bonds. The van der Waals surface area contributed by atoms with Gasteiger partial charge in [-0.3, -0.25) is 9.59 Å². The number of esters is 1. The third-order valence-corrected chi connectivity index (χ3v) is 6.87. The van der Waals surface area contributed by atoms with Crippen molar-refractivity contribution in [3.63, 3.8) is 0 Å². The minimum atomic E-state index is -3.85. The SMILES string of the molecule is NS(=O)(=O)c1ccc(NC(=O)COC(=O)[C@H](CSCc2ccccc2)NC(=O)c2ccccc2)cc1. The van der Waals surface area contributed by atoms with Gasteiger partial charge in [-0.15, -0.1) is 0 Å². The van der Waals surface area contributed by atoms with Crippen LogP contribution in [0.3, 0.4) is 0 Å². The van der Waals surface area contributed by atoms with E-state index in [9.17, 15) is 22.8 Å². The number of carbonyl (C=O) groups excluding carboxylic acids is 3. The summed E-state index contributed by atoms with van der Waals surface area (Å²) < 4.78 is 27.8. The van der Waals surface area contributed by atoms with E-state index in [1.807, 2.05) is 30.3 Å². The molecule has 0 unspecified atom stereocenters. The Morgan fingerprint density at radius 3 is 2.11 bits per heavy atom. The van der Waals surface area contributed by atoms with Crippen molar-refractivity contribution in [3.05, 3.63) is 96.1 Å². The molecule has 3 rings (SSSR count). The second-order valence-corrected chi connectivity index (χ2v) is 10.2. The van der Waals surface area contributed by atoms with Crippen LogP contribution in [0.2, 0.25) is 0 Å². The van der Waals surface area contributed by atoms with Gasteiger partial charge in [0.2, 0.25) is 10.0 Å². The van der Waals surface area contributed by atoms with Crippen molar-refractivity contribution in [2.45, 2.75) is 16.7 Å². The van der Waals surface area contributed by atoms with Gasteiger partial charge in [-0.1, -0.05) is 48.5 Å². The summed E-state index contributed by atoms with van der Waals surface area (Å²) in [5, 5.41) is 10.2. The number of hydrogen-bond acceptors (Lipinski definition) is 7. The molecule has 0 aromatic heterocycles. The molecule has 0 aliphatic heterocycles. The predicted molar refractivity (Wildman–Crippen MR) is 138 cm³/mol. The number of nitrogens with one attached hydrogen (secondary N) is 2. The quantitative estimate of drug-likeness (QED) is 0.325. The molecule has 3 aromatic carbocycles. The molecule has 0 bridgehead atoms. The lowest BCUT2D eigenvalue weighted by molar-refractivity contribution is -0.148. The van der Waals surface area contributed by atoms with Gasteiger partial charge < -0.3 is 15.4 Å². The topological polar surface area (TPSA) is 145 Å². The number of carbonyl (C=O) groups is 3. The first-order valence-corrected chi connectivity index (χ1v) is 13.5.